The summed E-state index contributed by atoms with van der Waals surface area (Å²) in [6, 6.07) is 3.93. The minimum absolute atomic E-state index is 0.173. The zero-order valence-corrected chi connectivity index (χ0v) is 12.3. The van der Waals surface area contributed by atoms with Crippen LogP contribution in [0.5, 0.6) is 0 Å². The smallest absolute Gasteiger partial charge is 0.243 e. The summed E-state index contributed by atoms with van der Waals surface area (Å²) in [5.74, 6) is -0.773. The lowest BCUT2D eigenvalue weighted by Gasteiger charge is -2.27. The third kappa shape index (κ3) is 3.75. The van der Waals surface area contributed by atoms with Gasteiger partial charge >= 0.3 is 0 Å². The van der Waals surface area contributed by atoms with Crippen molar-refractivity contribution in [3.05, 3.63) is 29.6 Å². The fourth-order valence-electron chi connectivity index (χ4n) is 1.66. The van der Waals surface area contributed by atoms with E-state index in [1.54, 1.807) is 6.92 Å². The molecule has 0 aromatic heterocycles. The number of rotatable bonds is 6. The van der Waals surface area contributed by atoms with Crippen LogP contribution in [0.2, 0.25) is 0 Å². The summed E-state index contributed by atoms with van der Waals surface area (Å²) in [5, 5.41) is 0. The second kappa shape index (κ2) is 5.98. The van der Waals surface area contributed by atoms with Gasteiger partial charge in [-0.2, -0.15) is 0 Å². The standard InChI is InChI=1S/C13H21FN2O2S/c1-4-13(3,5-2)16-19(17,18)12-7-6-10(9-15)8-11(12)14/h6-8,16H,4-5,9,15H2,1-3H3. The first kappa shape index (κ1) is 16.1. The quantitative estimate of drug-likeness (QED) is 0.842. The lowest BCUT2D eigenvalue weighted by Crippen LogP contribution is -2.45. The summed E-state index contributed by atoms with van der Waals surface area (Å²) < 4.78 is 40.8. The van der Waals surface area contributed by atoms with Crippen LogP contribution in [0.1, 0.15) is 39.2 Å². The zero-order chi connectivity index (χ0) is 14.7. The van der Waals surface area contributed by atoms with E-state index in [2.05, 4.69) is 4.72 Å². The summed E-state index contributed by atoms with van der Waals surface area (Å²) in [6.45, 7) is 5.75. The van der Waals surface area contributed by atoms with Crippen molar-refractivity contribution in [3.63, 3.8) is 0 Å². The van der Waals surface area contributed by atoms with E-state index in [9.17, 15) is 12.8 Å². The van der Waals surface area contributed by atoms with Crippen LogP contribution in [-0.4, -0.2) is 14.0 Å². The van der Waals surface area contributed by atoms with Crippen molar-refractivity contribution in [2.75, 3.05) is 0 Å². The van der Waals surface area contributed by atoms with Crippen LogP contribution in [-0.2, 0) is 16.6 Å². The Hall–Kier alpha value is -0.980. The van der Waals surface area contributed by atoms with Crippen LogP contribution in [0, 0.1) is 5.82 Å². The van der Waals surface area contributed by atoms with Crippen molar-refractivity contribution in [2.24, 2.45) is 5.73 Å². The number of nitrogens with one attached hydrogen (secondary N) is 1. The number of hydrogen-bond donors (Lipinski definition) is 2. The average Bonchev–Trinajstić information content (AvgIpc) is 2.37. The van der Waals surface area contributed by atoms with E-state index in [0.717, 1.165) is 6.07 Å². The zero-order valence-electron chi connectivity index (χ0n) is 11.5. The SMILES string of the molecule is CCC(C)(CC)NS(=O)(=O)c1ccc(CN)cc1F. The van der Waals surface area contributed by atoms with Crippen molar-refractivity contribution >= 4 is 10.0 Å². The van der Waals surface area contributed by atoms with Crippen LogP contribution in [0.15, 0.2) is 23.1 Å². The molecule has 4 nitrogen and oxygen atoms in total. The molecule has 1 aromatic carbocycles. The van der Waals surface area contributed by atoms with Gasteiger partial charge in [0.15, 0.2) is 0 Å². The normalized spacial score (nSPS) is 12.7. The third-order valence-electron chi connectivity index (χ3n) is 3.46. The van der Waals surface area contributed by atoms with E-state index in [4.69, 9.17) is 5.73 Å². The van der Waals surface area contributed by atoms with E-state index in [-0.39, 0.29) is 11.4 Å². The molecule has 0 amide bonds. The summed E-state index contributed by atoms with van der Waals surface area (Å²) in [7, 11) is -3.86. The van der Waals surface area contributed by atoms with E-state index >= 15 is 0 Å². The molecule has 0 aliphatic rings. The topological polar surface area (TPSA) is 72.2 Å². The first-order valence-corrected chi connectivity index (χ1v) is 7.78. The highest BCUT2D eigenvalue weighted by molar-refractivity contribution is 7.89. The Morgan fingerprint density at radius 3 is 2.32 bits per heavy atom. The van der Waals surface area contributed by atoms with Crippen molar-refractivity contribution in [1.82, 2.24) is 4.72 Å². The van der Waals surface area contributed by atoms with Gasteiger partial charge in [0.2, 0.25) is 10.0 Å². The Bertz CT molecular complexity index is 540. The average molecular weight is 288 g/mol. The Morgan fingerprint density at radius 2 is 1.89 bits per heavy atom. The Balaban J connectivity index is 3.14. The maximum absolute atomic E-state index is 13.8. The molecule has 0 atom stereocenters. The van der Waals surface area contributed by atoms with Gasteiger partial charge in [-0.1, -0.05) is 19.9 Å². The molecule has 0 saturated heterocycles. The van der Waals surface area contributed by atoms with E-state index < -0.39 is 21.4 Å². The number of sulfonamides is 1. The molecule has 0 fully saturated rings. The number of nitrogens with two attached hydrogens (primary N) is 1. The van der Waals surface area contributed by atoms with E-state index in [0.29, 0.717) is 18.4 Å². The van der Waals surface area contributed by atoms with Crippen LogP contribution in [0.3, 0.4) is 0 Å². The lowest BCUT2D eigenvalue weighted by atomic mass is 9.98. The van der Waals surface area contributed by atoms with Gasteiger partial charge in [-0.05, 0) is 37.5 Å². The molecular weight excluding hydrogens is 267 g/mol. The molecule has 19 heavy (non-hydrogen) atoms. The molecule has 3 N–H and O–H groups in total. The predicted molar refractivity (Wildman–Crippen MR) is 73.6 cm³/mol. The van der Waals surface area contributed by atoms with Gasteiger partial charge in [0.05, 0.1) is 0 Å². The maximum atomic E-state index is 13.8. The molecule has 0 saturated carbocycles. The molecule has 1 rings (SSSR count). The van der Waals surface area contributed by atoms with Gasteiger partial charge < -0.3 is 5.73 Å². The van der Waals surface area contributed by atoms with Crippen LogP contribution >= 0.6 is 0 Å². The predicted octanol–water partition coefficient (Wildman–Crippen LogP) is 2.14. The summed E-state index contributed by atoms with van der Waals surface area (Å²) in [6.07, 6.45) is 1.26. The fraction of sp³-hybridized carbons (Fsp3) is 0.538. The first-order valence-electron chi connectivity index (χ1n) is 6.30. The van der Waals surface area contributed by atoms with E-state index in [1.165, 1.54) is 12.1 Å². The minimum Gasteiger partial charge on any atom is -0.326 e. The number of halogens is 1. The van der Waals surface area contributed by atoms with E-state index in [1.807, 2.05) is 13.8 Å². The monoisotopic (exact) mass is 288 g/mol. The number of benzene rings is 1. The van der Waals surface area contributed by atoms with Gasteiger partial charge in [-0.25, -0.2) is 17.5 Å². The summed E-state index contributed by atoms with van der Waals surface area (Å²) >= 11 is 0. The van der Waals surface area contributed by atoms with Gasteiger partial charge in [0.1, 0.15) is 10.7 Å². The highest BCUT2D eigenvalue weighted by Crippen LogP contribution is 2.21. The second-order valence-electron chi connectivity index (χ2n) is 4.84. The highest BCUT2D eigenvalue weighted by Gasteiger charge is 2.29. The maximum Gasteiger partial charge on any atom is 0.243 e. The molecular formula is C13H21FN2O2S. The molecule has 0 aliphatic heterocycles. The van der Waals surface area contributed by atoms with Crippen molar-refractivity contribution < 1.29 is 12.8 Å². The van der Waals surface area contributed by atoms with Gasteiger partial charge in [-0.3, -0.25) is 0 Å². The lowest BCUT2D eigenvalue weighted by molar-refractivity contribution is 0.387. The molecule has 0 heterocycles. The van der Waals surface area contributed by atoms with Crippen molar-refractivity contribution in [1.29, 1.82) is 0 Å². The molecule has 0 spiro atoms. The Morgan fingerprint density at radius 1 is 1.32 bits per heavy atom. The molecule has 6 heteroatoms. The largest absolute Gasteiger partial charge is 0.326 e. The minimum atomic E-state index is -3.86. The first-order chi connectivity index (χ1) is 8.78. The Kier molecular flexibility index (Phi) is 5.06. The number of hydrogen-bond acceptors (Lipinski definition) is 3. The molecule has 1 aromatic rings. The van der Waals surface area contributed by atoms with Crippen LogP contribution < -0.4 is 10.5 Å². The molecule has 0 bridgehead atoms. The van der Waals surface area contributed by atoms with Gasteiger partial charge in [0.25, 0.3) is 0 Å². The van der Waals surface area contributed by atoms with Gasteiger partial charge in [0, 0.05) is 12.1 Å². The van der Waals surface area contributed by atoms with Gasteiger partial charge in [-0.15, -0.1) is 0 Å². The highest BCUT2D eigenvalue weighted by atomic mass is 32.2. The third-order valence-corrected chi connectivity index (χ3v) is 5.13. The second-order valence-corrected chi connectivity index (χ2v) is 6.49. The van der Waals surface area contributed by atoms with Crippen molar-refractivity contribution in [3.8, 4) is 0 Å². The molecule has 0 unspecified atom stereocenters. The molecule has 0 radical (unpaired) electrons. The summed E-state index contributed by atoms with van der Waals surface area (Å²) in [4.78, 5) is -0.335. The molecule has 0 aliphatic carbocycles. The van der Waals surface area contributed by atoms with Crippen LogP contribution in [0.4, 0.5) is 4.39 Å². The van der Waals surface area contributed by atoms with Crippen molar-refractivity contribution in [2.45, 2.75) is 50.6 Å². The van der Waals surface area contributed by atoms with Crippen LogP contribution in [0.25, 0.3) is 0 Å². The fourth-order valence-corrected chi connectivity index (χ4v) is 3.27. The summed E-state index contributed by atoms with van der Waals surface area (Å²) in [5.41, 5.74) is 5.38. The Labute approximate surface area is 114 Å². The molecule has 108 valence electrons.